The molecule has 1 saturated heterocycles. The van der Waals surface area contributed by atoms with Crippen LogP contribution in [0.1, 0.15) is 6.42 Å². The maximum atomic E-state index is 12.0. The van der Waals surface area contributed by atoms with Gasteiger partial charge in [0.1, 0.15) is 0 Å². The van der Waals surface area contributed by atoms with Crippen LogP contribution in [0.2, 0.25) is 5.02 Å². The fraction of sp³-hybridized carbons (Fsp3) is 0.385. The van der Waals surface area contributed by atoms with Crippen LogP contribution < -0.4 is 10.6 Å². The van der Waals surface area contributed by atoms with Crippen molar-refractivity contribution in [3.63, 3.8) is 0 Å². The van der Waals surface area contributed by atoms with Crippen LogP contribution in [-0.2, 0) is 4.79 Å². The first-order valence-electron chi connectivity index (χ1n) is 6.13. The molecular formula is C13H16ClN3O2. The number of carbonyl (C=O) groups is 2. The van der Waals surface area contributed by atoms with E-state index in [-0.39, 0.29) is 17.9 Å². The number of anilines is 1. The first-order chi connectivity index (χ1) is 9.10. The summed E-state index contributed by atoms with van der Waals surface area (Å²) in [6.45, 7) is 1.05. The molecule has 6 heteroatoms. The Morgan fingerprint density at radius 1 is 1.32 bits per heavy atom. The van der Waals surface area contributed by atoms with Crippen LogP contribution in [0.25, 0.3) is 0 Å². The molecule has 1 aliphatic rings. The van der Waals surface area contributed by atoms with Gasteiger partial charge in [-0.25, -0.2) is 4.79 Å². The average molecular weight is 282 g/mol. The van der Waals surface area contributed by atoms with Gasteiger partial charge in [-0.05, 0) is 30.7 Å². The van der Waals surface area contributed by atoms with Crippen LogP contribution >= 0.6 is 11.6 Å². The molecule has 5 nitrogen and oxygen atoms in total. The van der Waals surface area contributed by atoms with E-state index in [1.165, 1.54) is 0 Å². The molecule has 0 saturated carbocycles. The highest BCUT2D eigenvalue weighted by atomic mass is 35.5. The van der Waals surface area contributed by atoms with Crippen molar-refractivity contribution in [1.29, 1.82) is 0 Å². The van der Waals surface area contributed by atoms with Gasteiger partial charge in [0.2, 0.25) is 5.91 Å². The van der Waals surface area contributed by atoms with Gasteiger partial charge in [-0.15, -0.1) is 0 Å². The molecule has 3 amide bonds. The van der Waals surface area contributed by atoms with Crippen molar-refractivity contribution >= 4 is 29.2 Å². The molecule has 1 aromatic rings. The van der Waals surface area contributed by atoms with Gasteiger partial charge in [0.05, 0.1) is 5.92 Å². The molecule has 102 valence electrons. The Balaban J connectivity index is 1.91. The lowest BCUT2D eigenvalue weighted by molar-refractivity contribution is -0.124. The number of carbonyl (C=O) groups excluding carboxylic acids is 2. The summed E-state index contributed by atoms with van der Waals surface area (Å²) < 4.78 is 0. The molecule has 1 atom stereocenters. The molecule has 19 heavy (non-hydrogen) atoms. The van der Waals surface area contributed by atoms with Crippen LogP contribution in [-0.4, -0.2) is 37.0 Å². The summed E-state index contributed by atoms with van der Waals surface area (Å²) >= 11 is 5.78. The second-order valence-electron chi connectivity index (χ2n) is 4.48. The van der Waals surface area contributed by atoms with Gasteiger partial charge in [-0.2, -0.15) is 0 Å². The minimum atomic E-state index is -0.186. The number of hydrogen-bond acceptors (Lipinski definition) is 2. The van der Waals surface area contributed by atoms with E-state index in [9.17, 15) is 9.59 Å². The largest absolute Gasteiger partial charge is 0.359 e. The molecule has 0 bridgehead atoms. The third-order valence-corrected chi connectivity index (χ3v) is 3.44. The second kappa shape index (κ2) is 5.93. The molecule has 1 heterocycles. The average Bonchev–Trinajstić information content (AvgIpc) is 2.90. The lowest BCUT2D eigenvalue weighted by atomic mass is 10.1. The summed E-state index contributed by atoms with van der Waals surface area (Å²) in [5.74, 6) is -0.122. The van der Waals surface area contributed by atoms with Crippen LogP contribution in [0.4, 0.5) is 10.5 Å². The summed E-state index contributed by atoms with van der Waals surface area (Å²) in [5.41, 5.74) is 0.692. The van der Waals surface area contributed by atoms with E-state index in [0.717, 1.165) is 0 Å². The summed E-state index contributed by atoms with van der Waals surface area (Å²) in [6.07, 6.45) is 0.702. The number of benzene rings is 1. The molecule has 1 aromatic carbocycles. The monoisotopic (exact) mass is 281 g/mol. The normalized spacial score (nSPS) is 18.2. The zero-order valence-electron chi connectivity index (χ0n) is 10.6. The topological polar surface area (TPSA) is 61.4 Å². The first kappa shape index (κ1) is 13.7. The predicted molar refractivity (Wildman–Crippen MR) is 74.2 cm³/mol. The Bertz CT molecular complexity index is 475. The van der Waals surface area contributed by atoms with Gasteiger partial charge < -0.3 is 15.5 Å². The standard InChI is InChI=1S/C13H16ClN3O2/c1-15-12(18)9-6-7-17(8-9)13(19)16-11-4-2-10(14)3-5-11/h2-5,9H,6-8H2,1H3,(H,15,18)(H,16,19). The van der Waals surface area contributed by atoms with Crippen LogP contribution in [0, 0.1) is 5.92 Å². The Hall–Kier alpha value is -1.75. The van der Waals surface area contributed by atoms with Crippen molar-refractivity contribution < 1.29 is 9.59 Å². The SMILES string of the molecule is CNC(=O)C1CCN(C(=O)Nc2ccc(Cl)cc2)C1. The van der Waals surface area contributed by atoms with E-state index in [0.29, 0.717) is 30.2 Å². The van der Waals surface area contributed by atoms with Crippen molar-refractivity contribution in [3.8, 4) is 0 Å². The lowest BCUT2D eigenvalue weighted by Crippen LogP contribution is -2.35. The number of urea groups is 1. The molecule has 0 aliphatic carbocycles. The van der Waals surface area contributed by atoms with Gasteiger partial charge in [-0.1, -0.05) is 11.6 Å². The summed E-state index contributed by atoms with van der Waals surface area (Å²) in [5, 5.41) is 6.02. The predicted octanol–water partition coefficient (Wildman–Crippen LogP) is 1.94. The Morgan fingerprint density at radius 3 is 2.63 bits per heavy atom. The van der Waals surface area contributed by atoms with Crippen molar-refractivity contribution in [2.24, 2.45) is 5.92 Å². The molecular weight excluding hydrogens is 266 g/mol. The van der Waals surface area contributed by atoms with Crippen LogP contribution in [0.5, 0.6) is 0 Å². The summed E-state index contributed by atoms with van der Waals surface area (Å²) in [7, 11) is 1.61. The number of nitrogens with one attached hydrogen (secondary N) is 2. The van der Waals surface area contributed by atoms with Crippen molar-refractivity contribution in [2.45, 2.75) is 6.42 Å². The number of rotatable bonds is 2. The molecule has 2 rings (SSSR count). The third-order valence-electron chi connectivity index (χ3n) is 3.19. The van der Waals surface area contributed by atoms with E-state index in [4.69, 9.17) is 11.6 Å². The van der Waals surface area contributed by atoms with Crippen LogP contribution in [0.15, 0.2) is 24.3 Å². The zero-order chi connectivity index (χ0) is 13.8. The molecule has 1 unspecified atom stereocenters. The van der Waals surface area contributed by atoms with Crippen molar-refractivity contribution in [3.05, 3.63) is 29.3 Å². The molecule has 0 radical (unpaired) electrons. The third kappa shape index (κ3) is 3.38. The minimum absolute atomic E-state index is 0.0122. The quantitative estimate of drug-likeness (QED) is 0.870. The molecule has 2 N–H and O–H groups in total. The number of likely N-dealkylation sites (tertiary alicyclic amines) is 1. The zero-order valence-corrected chi connectivity index (χ0v) is 11.4. The highest BCUT2D eigenvalue weighted by Crippen LogP contribution is 2.18. The lowest BCUT2D eigenvalue weighted by Gasteiger charge is -2.17. The van der Waals surface area contributed by atoms with Crippen molar-refractivity contribution in [2.75, 3.05) is 25.5 Å². The smallest absolute Gasteiger partial charge is 0.321 e. The second-order valence-corrected chi connectivity index (χ2v) is 4.92. The summed E-state index contributed by atoms with van der Waals surface area (Å²) in [6, 6.07) is 6.73. The van der Waals surface area contributed by atoms with E-state index in [1.54, 1.807) is 36.2 Å². The highest BCUT2D eigenvalue weighted by molar-refractivity contribution is 6.30. The highest BCUT2D eigenvalue weighted by Gasteiger charge is 2.30. The van der Waals surface area contributed by atoms with E-state index < -0.39 is 0 Å². The van der Waals surface area contributed by atoms with Gasteiger partial charge in [0.25, 0.3) is 0 Å². The minimum Gasteiger partial charge on any atom is -0.359 e. The van der Waals surface area contributed by atoms with Gasteiger partial charge in [-0.3, -0.25) is 4.79 Å². The Labute approximate surface area is 116 Å². The number of amides is 3. The number of halogens is 1. The van der Waals surface area contributed by atoms with Gasteiger partial charge >= 0.3 is 6.03 Å². The fourth-order valence-electron chi connectivity index (χ4n) is 2.10. The summed E-state index contributed by atoms with van der Waals surface area (Å²) in [4.78, 5) is 25.1. The number of nitrogens with zero attached hydrogens (tertiary/aromatic N) is 1. The first-order valence-corrected chi connectivity index (χ1v) is 6.51. The number of hydrogen-bond donors (Lipinski definition) is 2. The molecule has 0 spiro atoms. The maximum Gasteiger partial charge on any atom is 0.321 e. The maximum absolute atomic E-state index is 12.0. The van der Waals surface area contributed by atoms with E-state index >= 15 is 0 Å². The fourth-order valence-corrected chi connectivity index (χ4v) is 2.22. The van der Waals surface area contributed by atoms with E-state index in [2.05, 4.69) is 10.6 Å². The Kier molecular flexibility index (Phi) is 4.27. The van der Waals surface area contributed by atoms with Gasteiger partial charge in [0, 0.05) is 30.8 Å². The molecule has 0 aromatic heterocycles. The van der Waals surface area contributed by atoms with Crippen LogP contribution in [0.3, 0.4) is 0 Å². The molecule has 1 fully saturated rings. The Morgan fingerprint density at radius 2 is 2.00 bits per heavy atom. The van der Waals surface area contributed by atoms with Crippen molar-refractivity contribution in [1.82, 2.24) is 10.2 Å². The van der Waals surface area contributed by atoms with Gasteiger partial charge in [0.15, 0.2) is 0 Å². The molecule has 1 aliphatic heterocycles. The van der Waals surface area contributed by atoms with E-state index in [1.807, 2.05) is 0 Å².